The molecular formula is C14H24N2O2. The van der Waals surface area contributed by atoms with Crippen molar-refractivity contribution in [2.75, 3.05) is 25.2 Å². The molecule has 1 unspecified atom stereocenters. The first kappa shape index (κ1) is 14.9. The van der Waals surface area contributed by atoms with E-state index in [1.807, 2.05) is 13.0 Å². The SMILES string of the molecule is CCC(C)N(CCOC)c1ncc(CO)cc1C. The van der Waals surface area contributed by atoms with E-state index in [4.69, 9.17) is 9.84 Å². The lowest BCUT2D eigenvalue weighted by Gasteiger charge is -2.30. The van der Waals surface area contributed by atoms with Gasteiger partial charge in [-0.1, -0.05) is 6.92 Å². The number of pyridine rings is 1. The number of hydrogen-bond acceptors (Lipinski definition) is 4. The molecule has 1 atom stereocenters. The number of anilines is 1. The van der Waals surface area contributed by atoms with E-state index in [-0.39, 0.29) is 6.61 Å². The maximum Gasteiger partial charge on any atom is 0.131 e. The van der Waals surface area contributed by atoms with E-state index in [1.54, 1.807) is 13.3 Å². The van der Waals surface area contributed by atoms with Gasteiger partial charge in [0.25, 0.3) is 0 Å². The van der Waals surface area contributed by atoms with E-state index in [2.05, 4.69) is 23.7 Å². The van der Waals surface area contributed by atoms with Gasteiger partial charge in [0.05, 0.1) is 13.2 Å². The molecule has 18 heavy (non-hydrogen) atoms. The summed E-state index contributed by atoms with van der Waals surface area (Å²) >= 11 is 0. The first-order chi connectivity index (χ1) is 8.63. The predicted octanol–water partition coefficient (Wildman–Crippen LogP) is 2.13. The van der Waals surface area contributed by atoms with Gasteiger partial charge < -0.3 is 14.7 Å². The normalized spacial score (nSPS) is 12.5. The van der Waals surface area contributed by atoms with Gasteiger partial charge >= 0.3 is 0 Å². The molecular weight excluding hydrogens is 228 g/mol. The molecule has 4 heteroatoms. The molecule has 0 saturated carbocycles. The van der Waals surface area contributed by atoms with Gasteiger partial charge in [-0.2, -0.15) is 0 Å². The number of rotatable bonds is 7. The lowest BCUT2D eigenvalue weighted by molar-refractivity contribution is 0.203. The molecule has 0 spiro atoms. The third-order valence-corrected chi connectivity index (χ3v) is 3.22. The van der Waals surface area contributed by atoms with Crippen LogP contribution in [0.5, 0.6) is 0 Å². The second-order valence-corrected chi connectivity index (χ2v) is 4.59. The zero-order valence-corrected chi connectivity index (χ0v) is 11.8. The van der Waals surface area contributed by atoms with Crippen molar-refractivity contribution < 1.29 is 9.84 Å². The highest BCUT2D eigenvalue weighted by atomic mass is 16.5. The smallest absolute Gasteiger partial charge is 0.131 e. The van der Waals surface area contributed by atoms with Crippen molar-refractivity contribution in [2.45, 2.75) is 39.8 Å². The first-order valence-electron chi connectivity index (χ1n) is 6.46. The molecule has 1 N–H and O–H groups in total. The summed E-state index contributed by atoms with van der Waals surface area (Å²) in [6.07, 6.45) is 2.80. The summed E-state index contributed by atoms with van der Waals surface area (Å²) < 4.78 is 5.16. The Morgan fingerprint density at radius 2 is 2.22 bits per heavy atom. The Morgan fingerprint density at radius 3 is 2.72 bits per heavy atom. The summed E-state index contributed by atoms with van der Waals surface area (Å²) in [6.45, 7) is 7.95. The van der Waals surface area contributed by atoms with Crippen molar-refractivity contribution in [3.8, 4) is 0 Å². The van der Waals surface area contributed by atoms with Gasteiger partial charge in [-0.25, -0.2) is 4.98 Å². The van der Waals surface area contributed by atoms with Crippen LogP contribution in [0.4, 0.5) is 5.82 Å². The lowest BCUT2D eigenvalue weighted by atomic mass is 10.1. The van der Waals surface area contributed by atoms with Crippen LogP contribution in [0.15, 0.2) is 12.3 Å². The van der Waals surface area contributed by atoms with Crippen LogP contribution >= 0.6 is 0 Å². The molecule has 0 aliphatic heterocycles. The third kappa shape index (κ3) is 3.68. The number of aromatic nitrogens is 1. The van der Waals surface area contributed by atoms with Crippen molar-refractivity contribution in [3.63, 3.8) is 0 Å². The Morgan fingerprint density at radius 1 is 1.50 bits per heavy atom. The van der Waals surface area contributed by atoms with Crippen LogP contribution in [0.1, 0.15) is 31.4 Å². The summed E-state index contributed by atoms with van der Waals surface area (Å²) in [5.41, 5.74) is 1.95. The van der Waals surface area contributed by atoms with E-state index in [0.717, 1.165) is 29.9 Å². The molecule has 0 aliphatic rings. The number of nitrogens with zero attached hydrogens (tertiary/aromatic N) is 2. The summed E-state index contributed by atoms with van der Waals surface area (Å²) in [5, 5.41) is 9.11. The van der Waals surface area contributed by atoms with Gasteiger partial charge in [0.15, 0.2) is 0 Å². The van der Waals surface area contributed by atoms with Gasteiger partial charge in [0.2, 0.25) is 0 Å². The molecule has 102 valence electrons. The van der Waals surface area contributed by atoms with E-state index < -0.39 is 0 Å². The first-order valence-corrected chi connectivity index (χ1v) is 6.46. The molecule has 0 fully saturated rings. The molecule has 0 radical (unpaired) electrons. The Bertz CT molecular complexity index is 369. The summed E-state index contributed by atoms with van der Waals surface area (Å²) in [4.78, 5) is 6.75. The average molecular weight is 252 g/mol. The number of aryl methyl sites for hydroxylation is 1. The maximum atomic E-state index is 9.11. The number of aliphatic hydroxyl groups excluding tert-OH is 1. The van der Waals surface area contributed by atoms with E-state index in [1.165, 1.54) is 0 Å². The highest BCUT2D eigenvalue weighted by Crippen LogP contribution is 2.21. The minimum Gasteiger partial charge on any atom is -0.392 e. The van der Waals surface area contributed by atoms with Gasteiger partial charge in [-0.3, -0.25) is 0 Å². The average Bonchev–Trinajstić information content (AvgIpc) is 2.39. The number of aliphatic hydroxyl groups is 1. The van der Waals surface area contributed by atoms with Crippen molar-refractivity contribution in [2.24, 2.45) is 0 Å². The van der Waals surface area contributed by atoms with Crippen LogP contribution < -0.4 is 4.90 Å². The summed E-state index contributed by atoms with van der Waals surface area (Å²) in [5.74, 6) is 0.985. The zero-order valence-electron chi connectivity index (χ0n) is 11.8. The van der Waals surface area contributed by atoms with Crippen molar-refractivity contribution >= 4 is 5.82 Å². The van der Waals surface area contributed by atoms with Crippen LogP contribution in [-0.4, -0.2) is 36.4 Å². The predicted molar refractivity (Wildman–Crippen MR) is 73.9 cm³/mol. The number of methoxy groups -OCH3 is 1. The quantitative estimate of drug-likeness (QED) is 0.807. The summed E-state index contributed by atoms with van der Waals surface area (Å²) in [6, 6.07) is 2.41. The minimum absolute atomic E-state index is 0.0372. The fourth-order valence-corrected chi connectivity index (χ4v) is 1.96. The third-order valence-electron chi connectivity index (χ3n) is 3.22. The van der Waals surface area contributed by atoms with E-state index in [0.29, 0.717) is 12.6 Å². The standard InChI is InChI=1S/C14H24N2O2/c1-5-12(3)16(6-7-18-4)14-11(2)8-13(10-17)9-15-14/h8-9,12,17H,5-7,10H2,1-4H3. The van der Waals surface area contributed by atoms with Crippen LogP contribution in [0.3, 0.4) is 0 Å². The monoisotopic (exact) mass is 252 g/mol. The molecule has 1 heterocycles. The Balaban J connectivity index is 2.96. The van der Waals surface area contributed by atoms with E-state index >= 15 is 0 Å². The number of ether oxygens (including phenoxy) is 1. The van der Waals surface area contributed by atoms with E-state index in [9.17, 15) is 0 Å². The van der Waals surface area contributed by atoms with Crippen LogP contribution in [0.2, 0.25) is 0 Å². The highest BCUT2D eigenvalue weighted by Gasteiger charge is 2.16. The molecule has 0 saturated heterocycles. The molecule has 1 aromatic rings. The van der Waals surface area contributed by atoms with Gasteiger partial charge in [0, 0.05) is 25.9 Å². The fraction of sp³-hybridized carbons (Fsp3) is 0.643. The highest BCUT2D eigenvalue weighted by molar-refractivity contribution is 5.48. The second-order valence-electron chi connectivity index (χ2n) is 4.59. The topological polar surface area (TPSA) is 45.6 Å². The van der Waals surface area contributed by atoms with Crippen LogP contribution in [-0.2, 0) is 11.3 Å². The largest absolute Gasteiger partial charge is 0.392 e. The Kier molecular flexibility index (Phi) is 6.09. The molecule has 0 aromatic carbocycles. The Hall–Kier alpha value is -1.13. The van der Waals surface area contributed by atoms with Crippen LogP contribution in [0.25, 0.3) is 0 Å². The molecule has 4 nitrogen and oxygen atoms in total. The van der Waals surface area contributed by atoms with Crippen molar-refractivity contribution in [1.82, 2.24) is 4.98 Å². The Labute approximate surface area is 110 Å². The van der Waals surface area contributed by atoms with Crippen molar-refractivity contribution in [1.29, 1.82) is 0 Å². The van der Waals surface area contributed by atoms with Gasteiger partial charge in [-0.15, -0.1) is 0 Å². The molecule has 1 rings (SSSR count). The molecule has 1 aromatic heterocycles. The van der Waals surface area contributed by atoms with Gasteiger partial charge in [0.1, 0.15) is 5.82 Å². The second kappa shape index (κ2) is 7.34. The maximum absolute atomic E-state index is 9.11. The molecule has 0 bridgehead atoms. The molecule has 0 amide bonds. The molecule has 0 aliphatic carbocycles. The van der Waals surface area contributed by atoms with Crippen molar-refractivity contribution in [3.05, 3.63) is 23.4 Å². The zero-order chi connectivity index (χ0) is 13.5. The number of hydrogen-bond donors (Lipinski definition) is 1. The summed E-state index contributed by atoms with van der Waals surface area (Å²) in [7, 11) is 1.71. The lowest BCUT2D eigenvalue weighted by Crippen LogP contribution is -2.36. The fourth-order valence-electron chi connectivity index (χ4n) is 1.96. The van der Waals surface area contributed by atoms with Crippen LogP contribution in [0, 0.1) is 6.92 Å². The van der Waals surface area contributed by atoms with Gasteiger partial charge in [-0.05, 0) is 37.5 Å². The minimum atomic E-state index is 0.0372.